The summed E-state index contributed by atoms with van der Waals surface area (Å²) in [6.45, 7) is 2.20. The Morgan fingerprint density at radius 2 is 2.00 bits per heavy atom. The highest BCUT2D eigenvalue weighted by molar-refractivity contribution is 9.10. The quantitative estimate of drug-likeness (QED) is 0.780. The second kappa shape index (κ2) is 6.07. The molecule has 0 saturated carbocycles. The van der Waals surface area contributed by atoms with Crippen LogP contribution in [0.4, 0.5) is 0 Å². The first-order valence-electron chi connectivity index (χ1n) is 5.22. The third-order valence-electron chi connectivity index (χ3n) is 2.37. The van der Waals surface area contributed by atoms with Gasteiger partial charge in [-0.05, 0) is 40.4 Å². The van der Waals surface area contributed by atoms with E-state index in [0.29, 0.717) is 5.75 Å². The van der Waals surface area contributed by atoms with Crippen molar-refractivity contribution in [2.24, 2.45) is 0 Å². The van der Waals surface area contributed by atoms with E-state index in [2.05, 4.69) is 22.9 Å². The molecule has 0 aromatic heterocycles. The molecule has 0 fully saturated rings. The van der Waals surface area contributed by atoms with E-state index in [9.17, 15) is 5.11 Å². The van der Waals surface area contributed by atoms with Crippen molar-refractivity contribution in [3.63, 3.8) is 0 Å². The largest absolute Gasteiger partial charge is 0.506 e. The van der Waals surface area contributed by atoms with Crippen molar-refractivity contribution in [2.75, 3.05) is 0 Å². The van der Waals surface area contributed by atoms with E-state index in [1.54, 1.807) is 0 Å². The Morgan fingerprint density at radius 3 is 2.71 bits per heavy atom. The maximum Gasteiger partial charge on any atom is 0.132 e. The Morgan fingerprint density at radius 1 is 1.21 bits per heavy atom. The highest BCUT2D eigenvalue weighted by Gasteiger charge is 2.03. The fourth-order valence-electron chi connectivity index (χ4n) is 1.50. The van der Waals surface area contributed by atoms with Crippen LogP contribution in [0.15, 0.2) is 22.7 Å². The van der Waals surface area contributed by atoms with Crippen LogP contribution in [0.25, 0.3) is 0 Å². The van der Waals surface area contributed by atoms with E-state index >= 15 is 0 Å². The lowest BCUT2D eigenvalue weighted by atomic mass is 10.1. The molecule has 1 N–H and O–H groups in total. The summed E-state index contributed by atoms with van der Waals surface area (Å²) in [6, 6.07) is 5.83. The van der Waals surface area contributed by atoms with Crippen molar-refractivity contribution in [2.45, 2.75) is 39.0 Å². The Bertz CT molecular complexity index is 284. The van der Waals surface area contributed by atoms with E-state index < -0.39 is 0 Å². The molecule has 14 heavy (non-hydrogen) atoms. The number of phenols is 1. The molecule has 0 saturated heterocycles. The van der Waals surface area contributed by atoms with Gasteiger partial charge in [0.2, 0.25) is 0 Å². The second-order valence-electron chi connectivity index (χ2n) is 3.56. The van der Waals surface area contributed by atoms with E-state index in [0.717, 1.165) is 22.9 Å². The first kappa shape index (κ1) is 11.6. The molecule has 1 nitrogen and oxygen atoms in total. The highest BCUT2D eigenvalue weighted by atomic mass is 79.9. The number of benzene rings is 1. The number of unbranched alkanes of at least 4 members (excludes halogenated alkanes) is 3. The number of para-hydroxylation sites is 1. The minimum absolute atomic E-state index is 0.406. The van der Waals surface area contributed by atoms with E-state index in [4.69, 9.17) is 0 Å². The molecule has 0 amide bonds. The summed E-state index contributed by atoms with van der Waals surface area (Å²) in [5.41, 5.74) is 1.05. The number of phenolic OH excluding ortho intramolecular Hbond substituents is 1. The van der Waals surface area contributed by atoms with E-state index in [1.807, 2.05) is 18.2 Å². The van der Waals surface area contributed by atoms with Gasteiger partial charge in [0.1, 0.15) is 5.75 Å². The minimum Gasteiger partial charge on any atom is -0.506 e. The molecule has 0 atom stereocenters. The van der Waals surface area contributed by atoms with Gasteiger partial charge < -0.3 is 5.11 Å². The van der Waals surface area contributed by atoms with Crippen LogP contribution in [0.2, 0.25) is 0 Å². The predicted octanol–water partition coefficient (Wildman–Crippen LogP) is 4.28. The van der Waals surface area contributed by atoms with Gasteiger partial charge >= 0.3 is 0 Å². The lowest BCUT2D eigenvalue weighted by Gasteiger charge is -2.05. The Kier molecular flexibility index (Phi) is 5.02. The average Bonchev–Trinajstić information content (AvgIpc) is 2.19. The van der Waals surface area contributed by atoms with Gasteiger partial charge in [0.15, 0.2) is 0 Å². The fourth-order valence-corrected chi connectivity index (χ4v) is 1.91. The molecule has 0 aliphatic heterocycles. The molecule has 0 unspecified atom stereocenters. The van der Waals surface area contributed by atoms with Crippen LogP contribution in [-0.2, 0) is 6.42 Å². The van der Waals surface area contributed by atoms with Gasteiger partial charge in [-0.15, -0.1) is 0 Å². The minimum atomic E-state index is 0.406. The zero-order valence-electron chi connectivity index (χ0n) is 8.59. The molecular weight excluding hydrogens is 240 g/mol. The molecular formula is C12H17BrO. The summed E-state index contributed by atoms with van der Waals surface area (Å²) in [5.74, 6) is 0.406. The summed E-state index contributed by atoms with van der Waals surface area (Å²) in [7, 11) is 0. The van der Waals surface area contributed by atoms with Crippen LogP contribution in [0.5, 0.6) is 5.75 Å². The Balaban J connectivity index is 2.46. The van der Waals surface area contributed by atoms with Crippen LogP contribution < -0.4 is 0 Å². The Hall–Kier alpha value is -0.500. The monoisotopic (exact) mass is 256 g/mol. The zero-order chi connectivity index (χ0) is 10.4. The standard InChI is InChI=1S/C12H17BrO/c1-2-3-4-5-7-10-8-6-9-11(13)12(10)14/h6,8-9,14H,2-5,7H2,1H3. The molecule has 0 bridgehead atoms. The topological polar surface area (TPSA) is 20.2 Å². The van der Waals surface area contributed by atoms with Crippen LogP contribution in [-0.4, -0.2) is 5.11 Å². The van der Waals surface area contributed by atoms with Gasteiger partial charge in [-0.2, -0.15) is 0 Å². The zero-order valence-corrected chi connectivity index (χ0v) is 10.2. The maximum absolute atomic E-state index is 9.71. The van der Waals surface area contributed by atoms with Gasteiger partial charge in [-0.3, -0.25) is 0 Å². The molecule has 0 aliphatic rings. The smallest absolute Gasteiger partial charge is 0.132 e. The molecule has 0 aliphatic carbocycles. The summed E-state index contributed by atoms with van der Waals surface area (Å²) >= 11 is 3.32. The SMILES string of the molecule is CCCCCCc1cccc(Br)c1O. The van der Waals surface area contributed by atoms with Crippen molar-refractivity contribution >= 4 is 15.9 Å². The molecule has 78 valence electrons. The molecule has 0 heterocycles. The summed E-state index contributed by atoms with van der Waals surface area (Å²) in [4.78, 5) is 0. The number of halogens is 1. The van der Waals surface area contributed by atoms with Crippen LogP contribution in [0.3, 0.4) is 0 Å². The maximum atomic E-state index is 9.71. The van der Waals surface area contributed by atoms with Crippen LogP contribution >= 0.6 is 15.9 Å². The number of aryl methyl sites for hydroxylation is 1. The molecule has 0 spiro atoms. The second-order valence-corrected chi connectivity index (χ2v) is 4.41. The van der Waals surface area contributed by atoms with Crippen molar-refractivity contribution < 1.29 is 5.11 Å². The van der Waals surface area contributed by atoms with Crippen molar-refractivity contribution in [3.8, 4) is 5.75 Å². The fraction of sp³-hybridized carbons (Fsp3) is 0.500. The third-order valence-corrected chi connectivity index (χ3v) is 3.01. The number of rotatable bonds is 5. The van der Waals surface area contributed by atoms with E-state index in [-0.39, 0.29) is 0 Å². The van der Waals surface area contributed by atoms with Gasteiger partial charge in [-0.1, -0.05) is 38.3 Å². The normalized spacial score (nSPS) is 10.4. The van der Waals surface area contributed by atoms with Crippen molar-refractivity contribution in [3.05, 3.63) is 28.2 Å². The summed E-state index contributed by atoms with van der Waals surface area (Å²) in [6.07, 6.45) is 5.94. The highest BCUT2D eigenvalue weighted by Crippen LogP contribution is 2.28. The third kappa shape index (κ3) is 3.33. The molecule has 1 rings (SSSR count). The van der Waals surface area contributed by atoms with Crippen LogP contribution in [0.1, 0.15) is 38.2 Å². The number of hydrogen-bond donors (Lipinski definition) is 1. The molecule has 0 radical (unpaired) electrons. The molecule has 1 aromatic carbocycles. The number of aromatic hydroxyl groups is 1. The van der Waals surface area contributed by atoms with Gasteiger partial charge in [0.05, 0.1) is 4.47 Å². The Labute approximate surface area is 94.3 Å². The lowest BCUT2D eigenvalue weighted by molar-refractivity contribution is 0.463. The predicted molar refractivity (Wildman–Crippen MR) is 63.7 cm³/mol. The summed E-state index contributed by atoms with van der Waals surface area (Å²) in [5, 5.41) is 9.71. The van der Waals surface area contributed by atoms with Crippen LogP contribution in [0, 0.1) is 0 Å². The van der Waals surface area contributed by atoms with Gasteiger partial charge in [0, 0.05) is 0 Å². The lowest BCUT2D eigenvalue weighted by Crippen LogP contribution is -1.87. The molecule has 1 aromatic rings. The van der Waals surface area contributed by atoms with Gasteiger partial charge in [-0.25, -0.2) is 0 Å². The first-order valence-corrected chi connectivity index (χ1v) is 6.01. The van der Waals surface area contributed by atoms with Gasteiger partial charge in [0.25, 0.3) is 0 Å². The average molecular weight is 257 g/mol. The van der Waals surface area contributed by atoms with E-state index in [1.165, 1.54) is 19.3 Å². The van der Waals surface area contributed by atoms with Crippen molar-refractivity contribution in [1.29, 1.82) is 0 Å². The molecule has 2 heteroatoms. The van der Waals surface area contributed by atoms with Crippen molar-refractivity contribution in [1.82, 2.24) is 0 Å². The first-order chi connectivity index (χ1) is 6.75. The number of hydrogen-bond acceptors (Lipinski definition) is 1. The summed E-state index contributed by atoms with van der Waals surface area (Å²) < 4.78 is 0.797.